The minimum absolute atomic E-state index is 0.111. The molecule has 224 valence electrons. The minimum atomic E-state index is -0.974. The first-order valence-corrected chi connectivity index (χ1v) is 14.1. The average Bonchev–Trinajstić information content (AvgIpc) is 3.02. The fraction of sp³-hybridized carbons (Fsp3) is 0.250. The number of carbonyl (C=O) groups is 3. The third-order valence-electron chi connectivity index (χ3n) is 6.73. The van der Waals surface area contributed by atoms with Crippen molar-refractivity contribution < 1.29 is 29.0 Å². The molecular weight excluding hydrogens is 574 g/mol. The molecule has 1 aliphatic heterocycles. The Morgan fingerprint density at radius 3 is 2.30 bits per heavy atom. The zero-order chi connectivity index (χ0) is 30.6. The summed E-state index contributed by atoms with van der Waals surface area (Å²) in [6, 6.07) is 22.5. The highest BCUT2D eigenvalue weighted by molar-refractivity contribution is 6.30. The molecule has 1 amide bonds. The van der Waals surface area contributed by atoms with Crippen molar-refractivity contribution in [2.75, 3.05) is 39.5 Å². The van der Waals surface area contributed by atoms with Crippen LogP contribution < -0.4 is 10.9 Å². The maximum Gasteiger partial charge on any atom is 0.335 e. The summed E-state index contributed by atoms with van der Waals surface area (Å²) >= 11 is 5.92. The number of nitrogens with one attached hydrogen (secondary N) is 2. The van der Waals surface area contributed by atoms with Crippen LogP contribution >= 0.6 is 11.6 Å². The number of H-pyrrole nitrogens is 1. The largest absolute Gasteiger partial charge is 0.478 e. The number of aromatic carboxylic acids is 1. The number of benzene rings is 3. The normalized spacial score (nSPS) is 13.8. The lowest BCUT2D eigenvalue weighted by atomic mass is 10.0. The number of aromatic amines is 1. The third-order valence-corrected chi connectivity index (χ3v) is 6.98. The van der Waals surface area contributed by atoms with Gasteiger partial charge in [0, 0.05) is 53.6 Å². The van der Waals surface area contributed by atoms with Crippen LogP contribution in [-0.2, 0) is 20.7 Å². The molecule has 1 aliphatic rings. The fourth-order valence-corrected chi connectivity index (χ4v) is 4.61. The monoisotopic (exact) mass is 605 g/mol. The van der Waals surface area contributed by atoms with E-state index in [0.717, 1.165) is 18.5 Å². The van der Waals surface area contributed by atoms with Crippen molar-refractivity contribution in [2.24, 2.45) is 0 Å². The molecule has 0 saturated carbocycles. The van der Waals surface area contributed by atoms with Crippen LogP contribution in [0.4, 0.5) is 0 Å². The number of hydrogen-bond donors (Lipinski definition) is 3. The van der Waals surface area contributed by atoms with E-state index >= 15 is 0 Å². The molecule has 0 bridgehead atoms. The maximum absolute atomic E-state index is 13.0. The number of halogens is 1. The number of rotatable bonds is 9. The molecular formula is C32H32ClN3O7. The molecule has 1 aromatic heterocycles. The number of esters is 1. The summed E-state index contributed by atoms with van der Waals surface area (Å²) in [5.74, 6) is -1.86. The van der Waals surface area contributed by atoms with Crippen molar-refractivity contribution in [3.8, 4) is 0 Å². The van der Waals surface area contributed by atoms with E-state index in [-0.39, 0.29) is 18.6 Å². The molecule has 4 aromatic rings. The van der Waals surface area contributed by atoms with Crippen molar-refractivity contribution in [3.63, 3.8) is 0 Å². The molecule has 5 rings (SSSR count). The van der Waals surface area contributed by atoms with E-state index in [4.69, 9.17) is 26.2 Å². The lowest BCUT2D eigenvalue weighted by molar-refractivity contribution is -0.146. The van der Waals surface area contributed by atoms with E-state index < -0.39 is 23.9 Å². The Labute approximate surface area is 253 Å². The SMILES string of the molecule is O=C(NC(Cc1cc(=O)[nH]c2ccccc12)C(=O)OCCN1CCOCC1)c1ccc(Cl)cc1.O=C(O)c1ccccc1. The standard InChI is InChI=1S/C25H26ClN3O5.C7H6O2/c26-19-7-5-17(6-8-19)24(31)28-22(25(32)34-14-11-29-9-12-33-13-10-29)15-18-16-23(30)27-21-4-2-1-3-20(18)21;8-7(9)6-4-2-1-3-5-6/h1-8,16,22H,9-15H2,(H,27,30)(H,28,31);1-5H,(H,8,9). The molecule has 1 atom stereocenters. The van der Waals surface area contributed by atoms with Crippen molar-refractivity contribution in [2.45, 2.75) is 12.5 Å². The smallest absolute Gasteiger partial charge is 0.335 e. The van der Waals surface area contributed by atoms with Crippen molar-refractivity contribution in [1.29, 1.82) is 0 Å². The predicted molar refractivity (Wildman–Crippen MR) is 163 cm³/mol. The summed E-state index contributed by atoms with van der Waals surface area (Å²) in [6.45, 7) is 3.66. The highest BCUT2D eigenvalue weighted by Crippen LogP contribution is 2.17. The van der Waals surface area contributed by atoms with E-state index in [1.54, 1.807) is 60.7 Å². The van der Waals surface area contributed by atoms with E-state index in [0.29, 0.717) is 47.0 Å². The molecule has 0 radical (unpaired) electrons. The second-order valence-electron chi connectivity index (χ2n) is 9.73. The first-order valence-electron chi connectivity index (χ1n) is 13.7. The highest BCUT2D eigenvalue weighted by atomic mass is 35.5. The number of carbonyl (C=O) groups excluding carboxylic acids is 2. The Hall–Kier alpha value is -4.51. The molecule has 43 heavy (non-hydrogen) atoms. The first-order chi connectivity index (χ1) is 20.8. The Bertz CT molecular complexity index is 1590. The van der Waals surface area contributed by atoms with Gasteiger partial charge >= 0.3 is 11.9 Å². The predicted octanol–water partition coefficient (Wildman–Crippen LogP) is 3.78. The molecule has 2 heterocycles. The van der Waals surface area contributed by atoms with Crippen LogP contribution in [0.5, 0.6) is 0 Å². The minimum Gasteiger partial charge on any atom is -0.478 e. The zero-order valence-corrected chi connectivity index (χ0v) is 24.1. The fourth-order valence-electron chi connectivity index (χ4n) is 4.48. The zero-order valence-electron chi connectivity index (χ0n) is 23.3. The Morgan fingerprint density at radius 1 is 0.953 bits per heavy atom. The Kier molecular flexibility index (Phi) is 11.4. The second kappa shape index (κ2) is 15.6. The summed E-state index contributed by atoms with van der Waals surface area (Å²) in [5.41, 5.74) is 1.72. The molecule has 11 heteroatoms. The van der Waals surface area contributed by atoms with Gasteiger partial charge in [0.05, 0.1) is 18.8 Å². The Morgan fingerprint density at radius 2 is 1.63 bits per heavy atom. The molecule has 10 nitrogen and oxygen atoms in total. The van der Waals surface area contributed by atoms with Gasteiger partial charge in [-0.1, -0.05) is 48.0 Å². The summed E-state index contributed by atoms with van der Waals surface area (Å²) < 4.78 is 10.9. The van der Waals surface area contributed by atoms with Crippen LogP contribution in [0.3, 0.4) is 0 Å². The number of ether oxygens (including phenoxy) is 2. The van der Waals surface area contributed by atoms with Gasteiger partial charge in [0.2, 0.25) is 5.56 Å². The topological polar surface area (TPSA) is 138 Å². The molecule has 1 fully saturated rings. The van der Waals surface area contributed by atoms with Gasteiger partial charge < -0.3 is 24.9 Å². The second-order valence-corrected chi connectivity index (χ2v) is 10.2. The number of nitrogens with zero attached hydrogens (tertiary/aromatic N) is 1. The highest BCUT2D eigenvalue weighted by Gasteiger charge is 2.25. The lowest BCUT2D eigenvalue weighted by Crippen LogP contribution is -2.44. The summed E-state index contributed by atoms with van der Waals surface area (Å²) in [7, 11) is 0. The van der Waals surface area contributed by atoms with Gasteiger partial charge in [0.15, 0.2) is 0 Å². The van der Waals surface area contributed by atoms with Crippen LogP contribution in [-0.4, -0.2) is 78.3 Å². The van der Waals surface area contributed by atoms with E-state index in [1.165, 1.54) is 6.07 Å². The number of amides is 1. The maximum atomic E-state index is 13.0. The third kappa shape index (κ3) is 9.50. The number of carboxylic acid groups (broad SMARTS) is 1. The summed E-state index contributed by atoms with van der Waals surface area (Å²) in [4.78, 5) is 53.2. The van der Waals surface area contributed by atoms with Gasteiger partial charge in [-0.25, -0.2) is 9.59 Å². The van der Waals surface area contributed by atoms with E-state index in [9.17, 15) is 19.2 Å². The summed E-state index contributed by atoms with van der Waals surface area (Å²) in [6.07, 6.45) is 0.111. The number of hydrogen-bond acceptors (Lipinski definition) is 7. The molecule has 0 aliphatic carbocycles. The van der Waals surface area contributed by atoms with Crippen molar-refractivity contribution in [3.05, 3.63) is 117 Å². The van der Waals surface area contributed by atoms with Gasteiger partial charge in [0.25, 0.3) is 5.91 Å². The van der Waals surface area contributed by atoms with Gasteiger partial charge in [-0.05, 0) is 48.0 Å². The number of morpholine rings is 1. The lowest BCUT2D eigenvalue weighted by Gasteiger charge is -2.26. The number of pyridine rings is 1. The number of para-hydroxylation sites is 1. The van der Waals surface area contributed by atoms with Gasteiger partial charge in [0.1, 0.15) is 12.6 Å². The Balaban J connectivity index is 0.000000403. The summed E-state index contributed by atoms with van der Waals surface area (Å²) in [5, 5.41) is 12.5. The van der Waals surface area contributed by atoms with Crippen LogP contribution in [0.15, 0.2) is 89.7 Å². The number of fused-ring (bicyclic) bond motifs is 1. The van der Waals surface area contributed by atoms with Crippen LogP contribution in [0, 0.1) is 0 Å². The van der Waals surface area contributed by atoms with Gasteiger partial charge in [-0.2, -0.15) is 0 Å². The number of carboxylic acids is 1. The van der Waals surface area contributed by atoms with E-state index in [2.05, 4.69) is 15.2 Å². The van der Waals surface area contributed by atoms with Crippen LogP contribution in [0.25, 0.3) is 10.9 Å². The molecule has 1 unspecified atom stereocenters. The average molecular weight is 606 g/mol. The number of aromatic nitrogens is 1. The van der Waals surface area contributed by atoms with Crippen molar-refractivity contribution >= 4 is 40.3 Å². The first kappa shape index (κ1) is 31.4. The van der Waals surface area contributed by atoms with Crippen molar-refractivity contribution in [1.82, 2.24) is 15.2 Å². The molecule has 3 N–H and O–H groups in total. The molecule has 0 spiro atoms. The quantitative estimate of drug-likeness (QED) is 0.245. The van der Waals surface area contributed by atoms with E-state index in [1.807, 2.05) is 18.2 Å². The van der Waals surface area contributed by atoms with Gasteiger partial charge in [-0.15, -0.1) is 0 Å². The van der Waals surface area contributed by atoms with Crippen LogP contribution in [0.2, 0.25) is 5.02 Å². The molecule has 3 aromatic carbocycles. The van der Waals surface area contributed by atoms with Crippen LogP contribution in [0.1, 0.15) is 26.3 Å². The van der Waals surface area contributed by atoms with Gasteiger partial charge in [-0.3, -0.25) is 14.5 Å². The molecule has 1 saturated heterocycles.